The van der Waals surface area contributed by atoms with Crippen LogP contribution in [0.25, 0.3) is 31.8 Å². The molecule has 6 atom stereocenters. The summed E-state index contributed by atoms with van der Waals surface area (Å²) in [5, 5.41) is 37.3. The Morgan fingerprint density at radius 3 is 2.26 bits per heavy atom. The van der Waals surface area contributed by atoms with Gasteiger partial charge in [0.05, 0.1) is 56.8 Å². The first-order chi connectivity index (χ1) is 47.8. The fourth-order valence-corrected chi connectivity index (χ4v) is 19.4. The van der Waals surface area contributed by atoms with Crippen molar-refractivity contribution in [3.05, 3.63) is 106 Å². The van der Waals surface area contributed by atoms with Crippen LogP contribution in [0.3, 0.4) is 0 Å². The van der Waals surface area contributed by atoms with Gasteiger partial charge in [-0.2, -0.15) is 10.2 Å². The van der Waals surface area contributed by atoms with E-state index >= 15 is 0 Å². The van der Waals surface area contributed by atoms with E-state index in [1.807, 2.05) is 119 Å². The molecule has 0 spiro atoms. The Balaban J connectivity index is 0.575. The van der Waals surface area contributed by atoms with E-state index in [1.165, 1.54) is 54.8 Å². The van der Waals surface area contributed by atoms with Crippen LogP contribution in [-0.4, -0.2) is 157 Å². The van der Waals surface area contributed by atoms with Gasteiger partial charge in [-0.05, 0) is 168 Å². The number of likely N-dealkylation sites (N-methyl/N-ethyl adjacent to an activating group) is 1. The monoisotopic (exact) mass is 1400 g/mol. The number of hydrogen-bond acceptors (Lipinski definition) is 17. The lowest BCUT2D eigenvalue weighted by Crippen LogP contribution is -2.64. The summed E-state index contributed by atoms with van der Waals surface area (Å²) in [5.41, 5.74) is 9.14. The fraction of sp³-hybridized carbons (Fsp3) is 0.584. The second-order valence-corrected chi connectivity index (χ2v) is 33.3. The van der Waals surface area contributed by atoms with Gasteiger partial charge in [0.2, 0.25) is 22.9 Å². The van der Waals surface area contributed by atoms with Crippen molar-refractivity contribution in [3.8, 4) is 21.6 Å². The van der Waals surface area contributed by atoms with Gasteiger partial charge in [0.25, 0.3) is 0 Å². The lowest BCUT2D eigenvalue weighted by atomic mass is 9.39. The molecule has 100 heavy (non-hydrogen) atoms. The van der Waals surface area contributed by atoms with Gasteiger partial charge in [-0.15, -0.1) is 11.3 Å². The molecule has 6 fully saturated rings. The maximum Gasteiger partial charge on any atom is 0.355 e. The number of allylic oxidation sites excluding steroid dienone is 1. The summed E-state index contributed by atoms with van der Waals surface area (Å²) in [5.74, 6) is 4.86. The van der Waals surface area contributed by atoms with E-state index < -0.39 is 35.5 Å². The summed E-state index contributed by atoms with van der Waals surface area (Å²) in [6.45, 7) is 22.8. The molecule has 6 N–H and O–H groups in total. The average Bonchev–Trinajstić information content (AvgIpc) is 0.941. The quantitative estimate of drug-likeness (QED) is 0.0117. The number of nitrogens with zero attached hydrogens (tertiary/aromatic N) is 10. The minimum absolute atomic E-state index is 0.00390. The predicted octanol–water partition coefficient (Wildman–Crippen LogP) is 13.5. The van der Waals surface area contributed by atoms with Crippen LogP contribution in [0.4, 0.5) is 10.9 Å². The predicted molar refractivity (Wildman–Crippen MR) is 397 cm³/mol. The van der Waals surface area contributed by atoms with Gasteiger partial charge in [0.1, 0.15) is 24.5 Å². The Labute approximate surface area is 597 Å². The maximum absolute atomic E-state index is 14.2. The van der Waals surface area contributed by atoms with Crippen LogP contribution in [0.2, 0.25) is 0 Å². The molecule has 0 radical (unpaired) electrons. The van der Waals surface area contributed by atoms with Crippen molar-refractivity contribution in [3.63, 3.8) is 0 Å². The zero-order valence-corrected chi connectivity index (χ0v) is 62.0. The summed E-state index contributed by atoms with van der Waals surface area (Å²) >= 11 is 3.11. The molecule has 12 rings (SSSR count). The number of aliphatic imine (C=N–C) groups is 1. The summed E-state index contributed by atoms with van der Waals surface area (Å²) in [7, 11) is 2.22. The highest BCUT2D eigenvalue weighted by molar-refractivity contribution is 7.22. The third-order valence-electron chi connectivity index (χ3n) is 21.5. The molecule has 538 valence electrons. The number of carboxylic acids is 1. The molecule has 2 saturated heterocycles. The van der Waals surface area contributed by atoms with Crippen molar-refractivity contribution in [2.45, 2.75) is 214 Å². The molecule has 21 nitrogen and oxygen atoms in total. The van der Waals surface area contributed by atoms with Crippen molar-refractivity contribution in [1.29, 1.82) is 0 Å². The number of para-hydroxylation sites is 1. The molecule has 6 aliphatic rings. The number of amides is 3. The second kappa shape index (κ2) is 31.5. The smallest absolute Gasteiger partial charge is 0.355 e. The largest absolute Gasteiger partial charge is 0.476 e. The number of β-amino-alcohol motifs (C(OH)–C–C–N with tert-alkyl or cyclic N) is 1. The van der Waals surface area contributed by atoms with Crippen LogP contribution in [0.5, 0.6) is 0 Å². The number of benzene rings is 2. The highest BCUT2D eigenvalue weighted by Gasteiger charge is 2.66. The van der Waals surface area contributed by atoms with Gasteiger partial charge in [0, 0.05) is 67.8 Å². The summed E-state index contributed by atoms with van der Waals surface area (Å²) in [6.07, 6.45) is 21.1. The summed E-state index contributed by atoms with van der Waals surface area (Å²) in [6, 6.07) is 17.6. The van der Waals surface area contributed by atoms with Crippen LogP contribution in [0, 0.1) is 35.5 Å². The number of nitrogens with one attached hydrogen (secondary N) is 2. The van der Waals surface area contributed by atoms with Crippen molar-refractivity contribution >= 4 is 79.6 Å². The minimum Gasteiger partial charge on any atom is -0.476 e. The Morgan fingerprint density at radius 1 is 0.870 bits per heavy atom. The number of aromatic nitrogens is 5. The van der Waals surface area contributed by atoms with Crippen molar-refractivity contribution in [1.82, 2.24) is 45.2 Å². The number of hydrogen-bond donors (Lipinski definition) is 5. The Kier molecular flexibility index (Phi) is 23.3. The van der Waals surface area contributed by atoms with Gasteiger partial charge in [-0.25, -0.2) is 24.7 Å². The molecule has 6 heterocycles. The molecule has 4 saturated carbocycles. The molecule has 2 aromatic carbocycles. The van der Waals surface area contributed by atoms with Crippen LogP contribution in [0.1, 0.15) is 198 Å². The molecule has 6 aromatic rings. The Hall–Kier alpha value is -7.28. The number of aliphatic hydroxyl groups excluding tert-OH is 1. The number of hydrazone groups is 1. The van der Waals surface area contributed by atoms with Crippen LogP contribution >= 0.6 is 22.7 Å². The lowest BCUT2D eigenvalue weighted by molar-refractivity contribution is -0.248. The number of amidine groups is 1. The molecule has 3 amide bonds. The number of carbonyl (C=O) groups excluding carboxylic acids is 3. The SMILES string of the molecule is CC(/C=N\c1nc2ccccc2s1)=C1\CCCN(c2ccc(-c3cnn(CC45CC6(C)CC(C)(C4)CC(OCCN(C)CCCCCCCCCCCOCC(=O)N[C@H](C(=O)N4C[C@H](O)C[C@H]4C(=O)N[C@@H](C)c4ccc(-c7scnc7C)cc4)C(C)(C)C)(C6)C5)c3C)c(C(=O)O)n2)\C1=N\N. The highest BCUT2D eigenvalue weighted by Crippen LogP contribution is 2.72. The number of carboxylic acid groups (broad SMARTS) is 1. The Bertz CT molecular complexity index is 3930. The molecule has 2 aliphatic heterocycles. The number of unbranched alkanes of at least 4 members (excludes halogenated alkanes) is 8. The normalized spacial score (nSPS) is 24.5. The number of pyridine rings is 1. The maximum atomic E-state index is 14.2. The second-order valence-electron chi connectivity index (χ2n) is 31.4. The number of carbonyl (C=O) groups is 4. The number of aromatic carboxylic acids is 1. The topological polar surface area (TPSA) is 268 Å². The van der Waals surface area contributed by atoms with E-state index in [0.717, 1.165) is 145 Å². The van der Waals surface area contributed by atoms with E-state index in [2.05, 4.69) is 63.1 Å². The highest BCUT2D eigenvalue weighted by atomic mass is 32.1. The molecule has 2 unspecified atom stereocenters. The van der Waals surface area contributed by atoms with E-state index in [4.69, 9.17) is 30.4 Å². The van der Waals surface area contributed by atoms with E-state index in [0.29, 0.717) is 42.1 Å². The third kappa shape index (κ3) is 17.4. The lowest BCUT2D eigenvalue weighted by Gasteiger charge is -2.69. The number of nitrogens with two attached hydrogens (primary N) is 1. The molecule has 4 aromatic heterocycles. The van der Waals surface area contributed by atoms with E-state index in [-0.39, 0.29) is 65.0 Å². The summed E-state index contributed by atoms with van der Waals surface area (Å²) < 4.78 is 16.2. The Morgan fingerprint density at radius 2 is 1.58 bits per heavy atom. The average molecular weight is 1400 g/mol. The third-order valence-corrected chi connectivity index (χ3v) is 23.4. The van der Waals surface area contributed by atoms with E-state index in [9.17, 15) is 29.4 Å². The fourth-order valence-electron chi connectivity index (χ4n) is 17.7. The number of thiazole rings is 2. The molecule has 4 aliphatic carbocycles. The number of likely N-dealkylation sites (tertiary alicyclic amines) is 1. The van der Waals surface area contributed by atoms with Gasteiger partial charge in [0.15, 0.2) is 11.5 Å². The number of fused-ring (bicyclic) bond motifs is 1. The van der Waals surface area contributed by atoms with Gasteiger partial charge in [-0.1, -0.05) is 127 Å². The van der Waals surface area contributed by atoms with Crippen molar-refractivity contribution in [2.75, 3.05) is 57.9 Å². The standard InChI is InChI=1S/C77H105N13O8S2/c1-50(38-79-72-83-60-24-18-19-25-62(60)100-72)57-23-22-33-88(68(57)86-78)63-31-30-58(65(84-63)71(95)96)59-39-81-90(53(59)4)48-76-43-74(8)42-75(9,44-76)46-77(45-74,47-76)98-36-34-87(10)32-20-16-14-12-11-13-15-17-21-35-97-41-64(92)85-67(73(5,6)7)70(94)89-40-56(91)37-61(89)69(93)82-51(2)54-26-28-55(29-27-54)66-52(3)80-49-99-66/h18-19,24-31,38-39,49,51,56,61,67,91H,11-17,20-23,32-37,40-48,78H2,1-10H3,(H,82,93)(H,85,92)(H,95,96)/b57-50-,79-38-,86-68+/t51-,56+,61-,67+,74?,75?,76?,77?/m0/s1. The van der Waals surface area contributed by atoms with Crippen LogP contribution in [-0.2, 0) is 30.4 Å². The molecule has 4 bridgehead atoms. The van der Waals surface area contributed by atoms with Crippen molar-refractivity contribution in [2.24, 2.45) is 37.6 Å². The van der Waals surface area contributed by atoms with Gasteiger partial charge < -0.3 is 50.9 Å². The summed E-state index contributed by atoms with van der Waals surface area (Å²) in [4.78, 5) is 79.7. The molecule has 23 heteroatoms. The van der Waals surface area contributed by atoms with Crippen LogP contribution in [0.15, 0.2) is 93.6 Å². The molecular weight excluding hydrogens is 1300 g/mol. The first-order valence-corrected chi connectivity index (χ1v) is 37.9. The first kappa shape index (κ1) is 73.9. The zero-order chi connectivity index (χ0) is 71.2. The number of aliphatic hydroxyl groups is 1. The van der Waals surface area contributed by atoms with Gasteiger partial charge >= 0.3 is 5.97 Å². The van der Waals surface area contributed by atoms with Crippen molar-refractivity contribution < 1.29 is 38.9 Å². The minimum atomic E-state index is -1.12. The van der Waals surface area contributed by atoms with Crippen LogP contribution < -0.4 is 21.4 Å². The van der Waals surface area contributed by atoms with Gasteiger partial charge in [-0.3, -0.25) is 19.1 Å². The molecular formula is C77H105N13O8S2. The zero-order valence-electron chi connectivity index (χ0n) is 60.4. The number of ether oxygens (including phenoxy) is 2. The van der Waals surface area contributed by atoms with E-state index in [1.54, 1.807) is 17.6 Å². The first-order valence-electron chi connectivity index (χ1n) is 36.2. The number of aryl methyl sites for hydroxylation is 1. The number of anilines is 1. The number of rotatable bonds is 31. The number of piperidine rings is 1.